The van der Waals surface area contributed by atoms with Crippen LogP contribution in [0.2, 0.25) is 10.0 Å². The van der Waals surface area contributed by atoms with Gasteiger partial charge in [-0.25, -0.2) is 0 Å². The molecule has 0 radical (unpaired) electrons. The molecule has 0 saturated carbocycles. The van der Waals surface area contributed by atoms with Gasteiger partial charge in [0.25, 0.3) is 5.91 Å². The summed E-state index contributed by atoms with van der Waals surface area (Å²) in [5.41, 5.74) is 0.490. The zero-order chi connectivity index (χ0) is 13.3. The van der Waals surface area contributed by atoms with Gasteiger partial charge in [-0.2, -0.15) is 0 Å². The van der Waals surface area contributed by atoms with E-state index in [2.05, 4.69) is 22.9 Å². The number of carbonyl (C=O) groups is 1. The SMILES string of the molecule is CC1CN(C(=O)c2cc(Cl)ccc2Cl)CCC1Br. The fraction of sp³-hybridized carbons (Fsp3) is 0.462. The minimum atomic E-state index is -0.0336. The molecule has 0 bridgehead atoms. The Balaban J connectivity index is 2.19. The van der Waals surface area contributed by atoms with Crippen LogP contribution < -0.4 is 0 Å². The predicted molar refractivity (Wildman–Crippen MR) is 78.9 cm³/mol. The van der Waals surface area contributed by atoms with Crippen LogP contribution in [0.15, 0.2) is 18.2 Å². The molecule has 0 aromatic heterocycles. The minimum absolute atomic E-state index is 0.0336. The first-order chi connectivity index (χ1) is 8.49. The molecule has 2 unspecified atom stereocenters. The number of hydrogen-bond donors (Lipinski definition) is 0. The van der Waals surface area contributed by atoms with E-state index in [9.17, 15) is 4.79 Å². The van der Waals surface area contributed by atoms with Crippen LogP contribution in [-0.4, -0.2) is 28.7 Å². The first kappa shape index (κ1) is 14.2. The molecular formula is C13H14BrCl2NO. The van der Waals surface area contributed by atoms with Crippen LogP contribution in [0.5, 0.6) is 0 Å². The number of carbonyl (C=O) groups excluding carboxylic acids is 1. The molecule has 1 heterocycles. The predicted octanol–water partition coefficient (Wildman–Crippen LogP) is 4.24. The number of hydrogen-bond acceptors (Lipinski definition) is 1. The Labute approximate surface area is 125 Å². The number of likely N-dealkylation sites (tertiary alicyclic amines) is 1. The third-order valence-corrected chi connectivity index (χ3v) is 5.17. The molecule has 0 N–H and O–H groups in total. The summed E-state index contributed by atoms with van der Waals surface area (Å²) in [4.78, 5) is 14.7. The second-order valence-electron chi connectivity index (χ2n) is 4.66. The third kappa shape index (κ3) is 3.01. The number of amides is 1. The number of piperidine rings is 1. The van der Waals surface area contributed by atoms with E-state index in [0.29, 0.717) is 26.4 Å². The van der Waals surface area contributed by atoms with Gasteiger partial charge in [-0.3, -0.25) is 4.79 Å². The lowest BCUT2D eigenvalue weighted by Crippen LogP contribution is -2.43. The van der Waals surface area contributed by atoms with Crippen molar-refractivity contribution < 1.29 is 4.79 Å². The normalized spacial score (nSPS) is 24.1. The van der Waals surface area contributed by atoms with Gasteiger partial charge in [-0.15, -0.1) is 0 Å². The molecule has 1 aliphatic heterocycles. The van der Waals surface area contributed by atoms with E-state index in [4.69, 9.17) is 23.2 Å². The van der Waals surface area contributed by atoms with Crippen LogP contribution in [0, 0.1) is 5.92 Å². The second-order valence-corrected chi connectivity index (χ2v) is 6.68. The van der Waals surface area contributed by atoms with Gasteiger partial charge in [0.05, 0.1) is 10.6 Å². The molecule has 1 fully saturated rings. The molecule has 1 aromatic rings. The molecule has 1 saturated heterocycles. The van der Waals surface area contributed by atoms with Crippen LogP contribution in [0.3, 0.4) is 0 Å². The topological polar surface area (TPSA) is 20.3 Å². The van der Waals surface area contributed by atoms with Gasteiger partial charge in [0.1, 0.15) is 0 Å². The lowest BCUT2D eigenvalue weighted by Gasteiger charge is -2.34. The lowest BCUT2D eigenvalue weighted by molar-refractivity contribution is 0.0690. The van der Waals surface area contributed by atoms with Gasteiger partial charge < -0.3 is 4.90 Å². The molecule has 98 valence electrons. The van der Waals surface area contributed by atoms with Crippen molar-refractivity contribution in [3.8, 4) is 0 Å². The van der Waals surface area contributed by atoms with Gasteiger partial charge in [-0.1, -0.05) is 46.1 Å². The maximum absolute atomic E-state index is 12.4. The van der Waals surface area contributed by atoms with Gasteiger partial charge in [0.2, 0.25) is 0 Å². The van der Waals surface area contributed by atoms with Crippen molar-refractivity contribution >= 4 is 45.0 Å². The highest BCUT2D eigenvalue weighted by Gasteiger charge is 2.28. The molecule has 1 aliphatic rings. The summed E-state index contributed by atoms with van der Waals surface area (Å²) < 4.78 is 0. The van der Waals surface area contributed by atoms with Crippen molar-refractivity contribution in [2.24, 2.45) is 5.92 Å². The number of alkyl halides is 1. The van der Waals surface area contributed by atoms with Crippen molar-refractivity contribution in [1.29, 1.82) is 0 Å². The van der Waals surface area contributed by atoms with E-state index in [-0.39, 0.29) is 5.91 Å². The van der Waals surface area contributed by atoms with Crippen LogP contribution >= 0.6 is 39.1 Å². The van der Waals surface area contributed by atoms with Crippen LogP contribution in [-0.2, 0) is 0 Å². The minimum Gasteiger partial charge on any atom is -0.338 e. The Morgan fingerprint density at radius 2 is 2.17 bits per heavy atom. The van der Waals surface area contributed by atoms with E-state index < -0.39 is 0 Å². The Bertz CT molecular complexity index is 466. The number of halogens is 3. The van der Waals surface area contributed by atoms with Crippen LogP contribution in [0.25, 0.3) is 0 Å². The third-order valence-electron chi connectivity index (χ3n) is 3.25. The van der Waals surface area contributed by atoms with E-state index in [1.54, 1.807) is 18.2 Å². The molecule has 1 aromatic carbocycles. The largest absolute Gasteiger partial charge is 0.338 e. The maximum Gasteiger partial charge on any atom is 0.255 e. The van der Waals surface area contributed by atoms with Crippen LogP contribution in [0.4, 0.5) is 0 Å². The monoisotopic (exact) mass is 349 g/mol. The van der Waals surface area contributed by atoms with Gasteiger partial charge in [0, 0.05) is 22.9 Å². The summed E-state index contributed by atoms with van der Waals surface area (Å²) in [6.07, 6.45) is 0.963. The average molecular weight is 351 g/mol. The maximum atomic E-state index is 12.4. The lowest BCUT2D eigenvalue weighted by atomic mass is 9.99. The van der Waals surface area contributed by atoms with Crippen molar-refractivity contribution in [3.63, 3.8) is 0 Å². The first-order valence-corrected chi connectivity index (χ1v) is 7.54. The van der Waals surface area contributed by atoms with Gasteiger partial charge >= 0.3 is 0 Å². The van der Waals surface area contributed by atoms with Crippen LogP contribution in [0.1, 0.15) is 23.7 Å². The van der Waals surface area contributed by atoms with E-state index in [0.717, 1.165) is 19.5 Å². The fourth-order valence-corrected chi connectivity index (χ4v) is 2.88. The molecule has 1 amide bonds. The van der Waals surface area contributed by atoms with E-state index in [1.807, 2.05) is 4.90 Å². The summed E-state index contributed by atoms with van der Waals surface area (Å²) in [5, 5.41) is 0.990. The number of nitrogens with zero attached hydrogens (tertiary/aromatic N) is 1. The zero-order valence-corrected chi connectivity index (χ0v) is 13.1. The first-order valence-electron chi connectivity index (χ1n) is 5.87. The van der Waals surface area contributed by atoms with Crippen molar-refractivity contribution in [2.45, 2.75) is 18.2 Å². The molecular weight excluding hydrogens is 337 g/mol. The summed E-state index contributed by atoms with van der Waals surface area (Å²) in [6.45, 7) is 3.64. The average Bonchev–Trinajstić information content (AvgIpc) is 2.35. The standard InChI is InChI=1S/C13H14BrCl2NO/c1-8-7-17(5-4-11(8)14)13(18)10-6-9(15)2-3-12(10)16/h2-3,6,8,11H,4-5,7H2,1H3. The highest BCUT2D eigenvalue weighted by Crippen LogP contribution is 2.27. The van der Waals surface area contributed by atoms with Gasteiger partial charge in [0.15, 0.2) is 0 Å². The Morgan fingerprint density at radius 1 is 1.44 bits per heavy atom. The fourth-order valence-electron chi connectivity index (χ4n) is 2.13. The Morgan fingerprint density at radius 3 is 2.83 bits per heavy atom. The summed E-state index contributed by atoms with van der Waals surface area (Å²) in [6, 6.07) is 4.99. The number of benzene rings is 1. The highest BCUT2D eigenvalue weighted by molar-refractivity contribution is 9.09. The summed E-state index contributed by atoms with van der Waals surface area (Å²) in [7, 11) is 0. The molecule has 0 aliphatic carbocycles. The molecule has 2 rings (SSSR count). The highest BCUT2D eigenvalue weighted by atomic mass is 79.9. The molecule has 5 heteroatoms. The molecule has 0 spiro atoms. The summed E-state index contributed by atoms with van der Waals surface area (Å²) in [5.74, 6) is 0.411. The molecule has 18 heavy (non-hydrogen) atoms. The van der Waals surface area contributed by atoms with E-state index in [1.165, 1.54) is 0 Å². The second kappa shape index (κ2) is 5.81. The Hall–Kier alpha value is -0.250. The number of rotatable bonds is 1. The van der Waals surface area contributed by atoms with Crippen molar-refractivity contribution in [3.05, 3.63) is 33.8 Å². The van der Waals surface area contributed by atoms with Gasteiger partial charge in [-0.05, 0) is 30.5 Å². The van der Waals surface area contributed by atoms with Crippen molar-refractivity contribution in [2.75, 3.05) is 13.1 Å². The smallest absolute Gasteiger partial charge is 0.255 e. The quantitative estimate of drug-likeness (QED) is 0.694. The molecule has 2 atom stereocenters. The van der Waals surface area contributed by atoms with Crippen molar-refractivity contribution in [1.82, 2.24) is 4.90 Å². The Kier molecular flexibility index (Phi) is 4.57. The van der Waals surface area contributed by atoms with E-state index >= 15 is 0 Å². The molecule has 2 nitrogen and oxygen atoms in total. The zero-order valence-electron chi connectivity index (χ0n) is 10.00. The summed E-state index contributed by atoms with van der Waals surface area (Å²) >= 11 is 15.6.